The minimum absolute atomic E-state index is 0.107. The molecule has 2 amide bonds. The van der Waals surface area contributed by atoms with Crippen molar-refractivity contribution in [3.8, 4) is 0 Å². The maximum atomic E-state index is 13.0. The first kappa shape index (κ1) is 23.7. The van der Waals surface area contributed by atoms with Crippen LogP contribution in [0.3, 0.4) is 0 Å². The van der Waals surface area contributed by atoms with Gasteiger partial charge in [-0.15, -0.1) is 0 Å². The number of halogens is 3. The molecule has 1 aliphatic heterocycles. The summed E-state index contributed by atoms with van der Waals surface area (Å²) >= 11 is 0. The van der Waals surface area contributed by atoms with Gasteiger partial charge in [0.2, 0.25) is 5.91 Å². The van der Waals surface area contributed by atoms with Gasteiger partial charge in [0.25, 0.3) is 5.91 Å². The van der Waals surface area contributed by atoms with E-state index in [4.69, 9.17) is 0 Å². The third-order valence-corrected chi connectivity index (χ3v) is 5.26. The van der Waals surface area contributed by atoms with Crippen molar-refractivity contribution in [3.63, 3.8) is 0 Å². The fourth-order valence-electron chi connectivity index (χ4n) is 3.59. The standard InChI is InChI=1S/C23H27F3N4O2/c1-16(31)28-21-12-18(10-19(13-21)22(32)30-8-6-29(2)7-9-30)15-27-14-17-4-3-5-20(11-17)23(24,25)26/h3-5,10-13,27H,6-9,14-15H2,1-2H3,(H,28,31). The lowest BCUT2D eigenvalue weighted by molar-refractivity contribution is -0.137. The zero-order valence-corrected chi connectivity index (χ0v) is 18.1. The average Bonchev–Trinajstić information content (AvgIpc) is 2.73. The summed E-state index contributed by atoms with van der Waals surface area (Å²) in [4.78, 5) is 28.5. The van der Waals surface area contributed by atoms with Gasteiger partial charge in [-0.25, -0.2) is 0 Å². The summed E-state index contributed by atoms with van der Waals surface area (Å²) in [5.41, 5.74) is 1.54. The Morgan fingerprint density at radius 1 is 0.969 bits per heavy atom. The molecular weight excluding hydrogens is 421 g/mol. The molecule has 1 fully saturated rings. The molecule has 0 aliphatic carbocycles. The number of rotatable bonds is 6. The first-order valence-corrected chi connectivity index (χ1v) is 10.4. The minimum atomic E-state index is -4.39. The monoisotopic (exact) mass is 448 g/mol. The van der Waals surface area contributed by atoms with Crippen LogP contribution in [0.15, 0.2) is 42.5 Å². The molecule has 0 bridgehead atoms. The molecule has 2 aromatic carbocycles. The highest BCUT2D eigenvalue weighted by Gasteiger charge is 2.30. The molecule has 0 saturated carbocycles. The number of nitrogens with zero attached hydrogens (tertiary/aromatic N) is 2. The van der Waals surface area contributed by atoms with Crippen LogP contribution >= 0.6 is 0 Å². The lowest BCUT2D eigenvalue weighted by Crippen LogP contribution is -2.47. The van der Waals surface area contributed by atoms with Crippen LogP contribution in [0.4, 0.5) is 18.9 Å². The van der Waals surface area contributed by atoms with Crippen molar-refractivity contribution in [1.29, 1.82) is 0 Å². The molecule has 32 heavy (non-hydrogen) atoms. The van der Waals surface area contributed by atoms with Gasteiger partial charge in [-0.3, -0.25) is 9.59 Å². The smallest absolute Gasteiger partial charge is 0.336 e. The summed E-state index contributed by atoms with van der Waals surface area (Å²) in [6.45, 7) is 4.79. The second-order valence-corrected chi connectivity index (χ2v) is 8.00. The number of hydrogen-bond donors (Lipinski definition) is 2. The van der Waals surface area contributed by atoms with E-state index in [-0.39, 0.29) is 18.4 Å². The lowest BCUT2D eigenvalue weighted by Gasteiger charge is -2.32. The van der Waals surface area contributed by atoms with Crippen LogP contribution in [0.5, 0.6) is 0 Å². The molecule has 6 nitrogen and oxygen atoms in total. The van der Waals surface area contributed by atoms with Gasteiger partial charge in [0.05, 0.1) is 5.56 Å². The van der Waals surface area contributed by atoms with Crippen LogP contribution in [0.25, 0.3) is 0 Å². The fraction of sp³-hybridized carbons (Fsp3) is 0.391. The van der Waals surface area contributed by atoms with E-state index in [1.54, 1.807) is 29.2 Å². The second-order valence-electron chi connectivity index (χ2n) is 8.00. The predicted octanol–water partition coefficient (Wildman–Crippen LogP) is 3.34. The van der Waals surface area contributed by atoms with E-state index in [9.17, 15) is 22.8 Å². The largest absolute Gasteiger partial charge is 0.416 e. The lowest BCUT2D eigenvalue weighted by atomic mass is 10.1. The number of carbonyl (C=O) groups excluding carboxylic acids is 2. The Kier molecular flexibility index (Phi) is 7.52. The van der Waals surface area contributed by atoms with Gasteiger partial charge in [-0.2, -0.15) is 13.2 Å². The van der Waals surface area contributed by atoms with Crippen LogP contribution in [0.2, 0.25) is 0 Å². The van der Waals surface area contributed by atoms with Gasteiger partial charge in [0.15, 0.2) is 0 Å². The third-order valence-electron chi connectivity index (χ3n) is 5.26. The predicted molar refractivity (Wildman–Crippen MR) is 116 cm³/mol. The topological polar surface area (TPSA) is 64.7 Å². The Balaban J connectivity index is 1.72. The van der Waals surface area contributed by atoms with Gasteiger partial charge < -0.3 is 20.4 Å². The molecule has 3 rings (SSSR count). The van der Waals surface area contributed by atoms with E-state index in [2.05, 4.69) is 15.5 Å². The number of alkyl halides is 3. The highest BCUT2D eigenvalue weighted by molar-refractivity contribution is 5.97. The van der Waals surface area contributed by atoms with Gasteiger partial charge in [0.1, 0.15) is 0 Å². The van der Waals surface area contributed by atoms with E-state index in [1.807, 2.05) is 7.05 Å². The van der Waals surface area contributed by atoms with Crippen LogP contribution in [0.1, 0.15) is 34.0 Å². The van der Waals surface area contributed by atoms with Crippen LogP contribution < -0.4 is 10.6 Å². The SMILES string of the molecule is CC(=O)Nc1cc(CNCc2cccc(C(F)(F)F)c2)cc(C(=O)N2CCN(C)CC2)c1. The molecule has 0 radical (unpaired) electrons. The van der Waals surface area contributed by atoms with Crippen molar-refractivity contribution in [2.75, 3.05) is 38.5 Å². The van der Waals surface area contributed by atoms with E-state index in [0.717, 1.165) is 30.8 Å². The molecule has 0 atom stereocenters. The number of piperazine rings is 1. The van der Waals surface area contributed by atoms with Crippen molar-refractivity contribution in [1.82, 2.24) is 15.1 Å². The van der Waals surface area contributed by atoms with Crippen LogP contribution in [-0.4, -0.2) is 54.8 Å². The molecule has 2 aromatic rings. The van der Waals surface area contributed by atoms with Crippen LogP contribution in [0, 0.1) is 0 Å². The van der Waals surface area contributed by atoms with E-state index in [1.165, 1.54) is 13.0 Å². The molecule has 9 heteroatoms. The quantitative estimate of drug-likeness (QED) is 0.712. The number of nitrogens with one attached hydrogen (secondary N) is 2. The summed E-state index contributed by atoms with van der Waals surface area (Å²) in [5, 5.41) is 5.83. The summed E-state index contributed by atoms with van der Waals surface area (Å²) in [6.07, 6.45) is -4.39. The number of amides is 2. The zero-order chi connectivity index (χ0) is 23.3. The summed E-state index contributed by atoms with van der Waals surface area (Å²) < 4.78 is 38.7. The first-order chi connectivity index (χ1) is 15.1. The maximum absolute atomic E-state index is 13.0. The molecular formula is C23H27F3N4O2. The van der Waals surface area contributed by atoms with E-state index in [0.29, 0.717) is 36.4 Å². The second kappa shape index (κ2) is 10.1. The Morgan fingerprint density at radius 2 is 1.66 bits per heavy atom. The zero-order valence-electron chi connectivity index (χ0n) is 18.1. The molecule has 1 heterocycles. The highest BCUT2D eigenvalue weighted by atomic mass is 19.4. The van der Waals surface area contributed by atoms with Crippen molar-refractivity contribution in [2.45, 2.75) is 26.2 Å². The Hall–Kier alpha value is -2.91. The molecule has 1 saturated heterocycles. The Labute approximate surface area is 185 Å². The summed E-state index contributed by atoms with van der Waals surface area (Å²) in [6, 6.07) is 10.3. The van der Waals surface area contributed by atoms with Gasteiger partial charge in [0, 0.05) is 57.4 Å². The first-order valence-electron chi connectivity index (χ1n) is 10.4. The molecule has 0 aromatic heterocycles. The number of anilines is 1. The number of carbonyl (C=O) groups is 2. The average molecular weight is 448 g/mol. The third kappa shape index (κ3) is 6.54. The van der Waals surface area contributed by atoms with Gasteiger partial charge in [-0.05, 0) is 42.4 Å². The summed E-state index contributed by atoms with van der Waals surface area (Å²) in [5.74, 6) is -0.360. The number of likely N-dealkylation sites (N-methyl/N-ethyl adjacent to an activating group) is 1. The van der Waals surface area contributed by atoms with Crippen molar-refractivity contribution in [3.05, 3.63) is 64.7 Å². The maximum Gasteiger partial charge on any atom is 0.416 e. The molecule has 0 spiro atoms. The fourth-order valence-corrected chi connectivity index (χ4v) is 3.59. The van der Waals surface area contributed by atoms with E-state index >= 15 is 0 Å². The Bertz CT molecular complexity index is 970. The van der Waals surface area contributed by atoms with Crippen molar-refractivity contribution >= 4 is 17.5 Å². The molecule has 0 unspecified atom stereocenters. The van der Waals surface area contributed by atoms with Gasteiger partial charge >= 0.3 is 6.18 Å². The number of hydrogen-bond acceptors (Lipinski definition) is 4. The minimum Gasteiger partial charge on any atom is -0.336 e. The summed E-state index contributed by atoms with van der Waals surface area (Å²) in [7, 11) is 2.01. The van der Waals surface area contributed by atoms with Crippen LogP contribution in [-0.2, 0) is 24.1 Å². The van der Waals surface area contributed by atoms with E-state index < -0.39 is 11.7 Å². The normalized spacial score (nSPS) is 15.0. The highest BCUT2D eigenvalue weighted by Crippen LogP contribution is 2.29. The van der Waals surface area contributed by atoms with Crippen molar-refractivity contribution < 1.29 is 22.8 Å². The molecule has 1 aliphatic rings. The Morgan fingerprint density at radius 3 is 2.31 bits per heavy atom. The van der Waals surface area contributed by atoms with Gasteiger partial charge in [-0.1, -0.05) is 18.2 Å². The van der Waals surface area contributed by atoms with Crippen molar-refractivity contribution in [2.24, 2.45) is 0 Å². The molecule has 172 valence electrons. The number of benzene rings is 2. The molecule has 2 N–H and O–H groups in total.